The molecule has 1 amide bonds. The zero-order chi connectivity index (χ0) is 14.8. The van der Waals surface area contributed by atoms with Crippen LogP contribution in [0.4, 0.5) is 11.9 Å². The number of carbonyl (C=O) groups is 1. The Morgan fingerprint density at radius 1 is 1.00 bits per heavy atom. The van der Waals surface area contributed by atoms with Gasteiger partial charge in [-0.2, -0.15) is 15.0 Å². The van der Waals surface area contributed by atoms with E-state index in [0.29, 0.717) is 38.2 Å². The Bertz CT molecular complexity index is 536. The Morgan fingerprint density at radius 2 is 1.67 bits per heavy atom. The van der Waals surface area contributed by atoms with E-state index >= 15 is 0 Å². The van der Waals surface area contributed by atoms with E-state index in [2.05, 4.69) is 15.0 Å². The van der Waals surface area contributed by atoms with Crippen LogP contribution in [0.25, 0.3) is 0 Å². The Kier molecular flexibility index (Phi) is 4.07. The van der Waals surface area contributed by atoms with Gasteiger partial charge in [0.2, 0.25) is 23.1 Å². The van der Waals surface area contributed by atoms with Gasteiger partial charge in [0.05, 0.1) is 19.8 Å². The minimum atomic E-state index is 0.0470. The van der Waals surface area contributed by atoms with Gasteiger partial charge in [-0.05, 0) is 11.6 Å². The molecule has 2 aliphatic rings. The summed E-state index contributed by atoms with van der Waals surface area (Å²) in [6, 6.07) is 0. The quantitative estimate of drug-likeness (QED) is 0.738. The molecular weight excluding hydrogens is 296 g/mol. The molecule has 0 bridgehead atoms. The average Bonchev–Trinajstić information content (AvgIpc) is 2.50. The Labute approximate surface area is 127 Å². The fourth-order valence-electron chi connectivity index (χ4n) is 2.30. The summed E-state index contributed by atoms with van der Waals surface area (Å²) in [5, 5.41) is 0.146. The number of amides is 1. The zero-order valence-electron chi connectivity index (χ0n) is 11.8. The van der Waals surface area contributed by atoms with Gasteiger partial charge in [0.15, 0.2) is 0 Å². The SMILES string of the molecule is CN1CCN(c2nc(Cl)nc(N3CCOCC3)n2)CC1=O. The average molecular weight is 313 g/mol. The third-order valence-electron chi connectivity index (χ3n) is 3.62. The Morgan fingerprint density at radius 3 is 2.33 bits per heavy atom. The molecule has 0 atom stereocenters. The van der Waals surface area contributed by atoms with Gasteiger partial charge in [0.25, 0.3) is 0 Å². The maximum Gasteiger partial charge on any atom is 0.242 e. The van der Waals surface area contributed by atoms with Gasteiger partial charge in [-0.3, -0.25) is 4.79 Å². The highest BCUT2D eigenvalue weighted by Crippen LogP contribution is 2.18. The second-order valence-corrected chi connectivity index (χ2v) is 5.38. The number of nitrogens with zero attached hydrogens (tertiary/aromatic N) is 6. The summed E-state index contributed by atoms with van der Waals surface area (Å²) in [6.45, 7) is 4.33. The molecule has 0 aliphatic carbocycles. The number of halogens is 1. The molecule has 9 heteroatoms. The molecule has 21 heavy (non-hydrogen) atoms. The van der Waals surface area contributed by atoms with Crippen molar-refractivity contribution in [3.05, 3.63) is 5.28 Å². The van der Waals surface area contributed by atoms with Crippen LogP contribution >= 0.6 is 11.6 Å². The molecule has 0 spiro atoms. The number of rotatable bonds is 2. The first-order chi connectivity index (χ1) is 10.1. The lowest BCUT2D eigenvalue weighted by Crippen LogP contribution is -2.49. The summed E-state index contributed by atoms with van der Waals surface area (Å²) in [5.74, 6) is 1.04. The number of hydrogen-bond acceptors (Lipinski definition) is 7. The summed E-state index contributed by atoms with van der Waals surface area (Å²) in [4.78, 5) is 30.1. The summed E-state index contributed by atoms with van der Waals surface area (Å²) in [5.41, 5.74) is 0. The highest BCUT2D eigenvalue weighted by Gasteiger charge is 2.25. The van der Waals surface area contributed by atoms with Crippen LogP contribution in [0.1, 0.15) is 0 Å². The summed E-state index contributed by atoms with van der Waals surface area (Å²) >= 11 is 6.01. The lowest BCUT2D eigenvalue weighted by molar-refractivity contribution is -0.129. The van der Waals surface area contributed by atoms with Crippen LogP contribution in [-0.4, -0.2) is 78.7 Å². The smallest absolute Gasteiger partial charge is 0.242 e. The maximum absolute atomic E-state index is 11.8. The fourth-order valence-corrected chi connectivity index (χ4v) is 2.46. The van der Waals surface area contributed by atoms with Gasteiger partial charge in [-0.1, -0.05) is 0 Å². The standard InChI is InChI=1S/C12H17ClN6O2/c1-17-2-3-19(8-9(17)20)12-15-10(13)14-11(16-12)18-4-6-21-7-5-18/h2-8H2,1H3. The third-order valence-corrected chi connectivity index (χ3v) is 3.79. The van der Waals surface area contributed by atoms with E-state index in [9.17, 15) is 4.79 Å². The van der Waals surface area contributed by atoms with E-state index in [0.717, 1.165) is 13.1 Å². The zero-order valence-corrected chi connectivity index (χ0v) is 12.6. The molecule has 114 valence electrons. The van der Waals surface area contributed by atoms with E-state index < -0.39 is 0 Å². The van der Waals surface area contributed by atoms with Crippen molar-refractivity contribution in [2.75, 3.05) is 62.8 Å². The molecule has 0 N–H and O–H groups in total. The van der Waals surface area contributed by atoms with E-state index in [1.54, 1.807) is 11.9 Å². The number of morpholine rings is 1. The third kappa shape index (κ3) is 3.16. The molecule has 0 radical (unpaired) electrons. The molecule has 2 aliphatic heterocycles. The number of aromatic nitrogens is 3. The van der Waals surface area contributed by atoms with Crippen molar-refractivity contribution in [3.63, 3.8) is 0 Å². The molecule has 3 heterocycles. The van der Waals surface area contributed by atoms with Gasteiger partial charge in [-0.25, -0.2) is 0 Å². The minimum absolute atomic E-state index is 0.0470. The van der Waals surface area contributed by atoms with Crippen molar-refractivity contribution < 1.29 is 9.53 Å². The van der Waals surface area contributed by atoms with E-state index in [1.807, 2.05) is 9.80 Å². The van der Waals surface area contributed by atoms with Gasteiger partial charge >= 0.3 is 0 Å². The lowest BCUT2D eigenvalue weighted by atomic mass is 10.3. The molecule has 2 saturated heterocycles. The van der Waals surface area contributed by atoms with Crippen LogP contribution in [-0.2, 0) is 9.53 Å². The van der Waals surface area contributed by atoms with Crippen LogP contribution in [0.3, 0.4) is 0 Å². The summed E-state index contributed by atoms with van der Waals surface area (Å²) < 4.78 is 5.32. The van der Waals surface area contributed by atoms with Gasteiger partial charge in [-0.15, -0.1) is 0 Å². The molecule has 0 saturated carbocycles. The molecule has 1 aromatic rings. The van der Waals surface area contributed by atoms with Crippen LogP contribution in [0.5, 0.6) is 0 Å². The highest BCUT2D eigenvalue weighted by molar-refractivity contribution is 6.28. The second-order valence-electron chi connectivity index (χ2n) is 5.04. The summed E-state index contributed by atoms with van der Waals surface area (Å²) in [7, 11) is 1.79. The first-order valence-corrected chi connectivity index (χ1v) is 7.24. The van der Waals surface area contributed by atoms with E-state index in [-0.39, 0.29) is 17.7 Å². The van der Waals surface area contributed by atoms with Crippen LogP contribution < -0.4 is 9.80 Å². The number of piperazine rings is 1. The lowest BCUT2D eigenvalue weighted by Gasteiger charge is -2.32. The van der Waals surface area contributed by atoms with Crippen molar-refractivity contribution in [2.45, 2.75) is 0 Å². The predicted molar refractivity (Wildman–Crippen MR) is 77.7 cm³/mol. The fraction of sp³-hybridized carbons (Fsp3) is 0.667. The van der Waals surface area contributed by atoms with Crippen molar-refractivity contribution in [1.29, 1.82) is 0 Å². The number of anilines is 2. The van der Waals surface area contributed by atoms with E-state index in [4.69, 9.17) is 16.3 Å². The first-order valence-electron chi connectivity index (χ1n) is 6.86. The second kappa shape index (κ2) is 5.98. The number of hydrogen-bond donors (Lipinski definition) is 0. The number of carbonyl (C=O) groups excluding carboxylic acids is 1. The molecule has 0 aromatic carbocycles. The summed E-state index contributed by atoms with van der Waals surface area (Å²) in [6.07, 6.45) is 0. The topological polar surface area (TPSA) is 74.7 Å². The molecule has 3 rings (SSSR count). The van der Waals surface area contributed by atoms with Crippen LogP contribution in [0.2, 0.25) is 5.28 Å². The molecule has 2 fully saturated rings. The Balaban J connectivity index is 1.82. The van der Waals surface area contributed by atoms with Gasteiger partial charge in [0, 0.05) is 33.2 Å². The molecule has 1 aromatic heterocycles. The minimum Gasteiger partial charge on any atom is -0.378 e. The Hall–Kier alpha value is -1.67. The van der Waals surface area contributed by atoms with Crippen molar-refractivity contribution >= 4 is 29.4 Å². The molecule has 0 unspecified atom stereocenters. The van der Waals surface area contributed by atoms with Crippen LogP contribution in [0.15, 0.2) is 0 Å². The highest BCUT2D eigenvalue weighted by atomic mass is 35.5. The van der Waals surface area contributed by atoms with Gasteiger partial charge in [0.1, 0.15) is 0 Å². The normalized spacial score (nSPS) is 20.1. The largest absolute Gasteiger partial charge is 0.378 e. The van der Waals surface area contributed by atoms with Crippen molar-refractivity contribution in [3.8, 4) is 0 Å². The van der Waals surface area contributed by atoms with Gasteiger partial charge < -0.3 is 19.4 Å². The number of likely N-dealkylation sites (N-methyl/N-ethyl adjacent to an activating group) is 1. The number of ether oxygens (including phenoxy) is 1. The monoisotopic (exact) mass is 312 g/mol. The first kappa shape index (κ1) is 14.3. The predicted octanol–water partition coefficient (Wildman–Crippen LogP) is -0.360. The molecular formula is C12H17ClN6O2. The molecule has 8 nitrogen and oxygen atoms in total. The van der Waals surface area contributed by atoms with E-state index in [1.165, 1.54) is 0 Å². The van der Waals surface area contributed by atoms with Crippen LogP contribution in [0, 0.1) is 0 Å². The van der Waals surface area contributed by atoms with Crippen molar-refractivity contribution in [2.24, 2.45) is 0 Å². The maximum atomic E-state index is 11.8. The van der Waals surface area contributed by atoms with Crippen molar-refractivity contribution in [1.82, 2.24) is 19.9 Å².